The molecule has 0 amide bonds. The van der Waals surface area contributed by atoms with Crippen LogP contribution < -0.4 is 10.1 Å². The van der Waals surface area contributed by atoms with Gasteiger partial charge in [0.15, 0.2) is 5.78 Å². The van der Waals surface area contributed by atoms with E-state index in [-0.39, 0.29) is 5.78 Å². The van der Waals surface area contributed by atoms with Crippen molar-refractivity contribution < 1.29 is 9.53 Å². The standard InChI is InChI=1S/C22H21N3O2/c1-15(2)13-20(26)17-9-11-19(12-10-17)27-21-16(3)14-23-22(25-21)24-18-7-5-4-6-8-18/h4-14H,1-3H3,(H,23,24,25). The maximum absolute atomic E-state index is 12.1. The van der Waals surface area contributed by atoms with E-state index in [9.17, 15) is 4.79 Å². The molecule has 0 unspecified atom stereocenters. The predicted molar refractivity (Wildman–Crippen MR) is 107 cm³/mol. The van der Waals surface area contributed by atoms with Crippen LogP contribution in [0.3, 0.4) is 0 Å². The molecule has 136 valence electrons. The number of para-hydroxylation sites is 1. The van der Waals surface area contributed by atoms with Crippen molar-refractivity contribution >= 4 is 17.4 Å². The van der Waals surface area contributed by atoms with Crippen LogP contribution in [0, 0.1) is 6.92 Å². The molecule has 0 bridgehead atoms. The first kappa shape index (κ1) is 18.3. The molecule has 5 nitrogen and oxygen atoms in total. The Bertz CT molecular complexity index is 961. The molecule has 2 aromatic carbocycles. The Kier molecular flexibility index (Phi) is 5.61. The van der Waals surface area contributed by atoms with Gasteiger partial charge in [-0.3, -0.25) is 4.79 Å². The van der Waals surface area contributed by atoms with Crippen molar-refractivity contribution in [1.82, 2.24) is 9.97 Å². The molecule has 0 aliphatic carbocycles. The molecule has 3 rings (SSSR count). The van der Waals surface area contributed by atoms with Crippen LogP contribution in [0.15, 0.2) is 72.4 Å². The van der Waals surface area contributed by atoms with Gasteiger partial charge in [0.25, 0.3) is 0 Å². The lowest BCUT2D eigenvalue weighted by atomic mass is 10.1. The van der Waals surface area contributed by atoms with Crippen LogP contribution in [0.25, 0.3) is 0 Å². The number of allylic oxidation sites excluding steroid dienone is 2. The number of aryl methyl sites for hydroxylation is 1. The lowest BCUT2D eigenvalue weighted by Crippen LogP contribution is -2.00. The highest BCUT2D eigenvalue weighted by Crippen LogP contribution is 2.25. The third kappa shape index (κ3) is 5.01. The van der Waals surface area contributed by atoms with Crippen LogP contribution in [0.2, 0.25) is 0 Å². The first-order valence-electron chi connectivity index (χ1n) is 8.64. The molecule has 27 heavy (non-hydrogen) atoms. The van der Waals surface area contributed by atoms with E-state index in [1.807, 2.05) is 51.1 Å². The molecular formula is C22H21N3O2. The van der Waals surface area contributed by atoms with Gasteiger partial charge in [-0.1, -0.05) is 23.8 Å². The summed E-state index contributed by atoms with van der Waals surface area (Å²) in [6.45, 7) is 5.68. The molecule has 0 saturated carbocycles. The molecule has 0 atom stereocenters. The molecule has 1 heterocycles. The zero-order chi connectivity index (χ0) is 19.2. The molecule has 0 radical (unpaired) electrons. The summed E-state index contributed by atoms with van der Waals surface area (Å²) in [5.41, 5.74) is 3.30. The minimum absolute atomic E-state index is 0.0193. The van der Waals surface area contributed by atoms with Crippen molar-refractivity contribution in [3.63, 3.8) is 0 Å². The number of hydrogen-bond acceptors (Lipinski definition) is 5. The largest absolute Gasteiger partial charge is 0.439 e. The van der Waals surface area contributed by atoms with Crippen molar-refractivity contribution in [1.29, 1.82) is 0 Å². The van der Waals surface area contributed by atoms with E-state index in [0.29, 0.717) is 23.1 Å². The fraction of sp³-hybridized carbons (Fsp3) is 0.136. The number of nitrogens with zero attached hydrogens (tertiary/aromatic N) is 2. The molecule has 0 fully saturated rings. The molecule has 0 aliphatic rings. The predicted octanol–water partition coefficient (Wildman–Crippen LogP) is 5.47. The molecule has 0 spiro atoms. The number of anilines is 2. The van der Waals surface area contributed by atoms with Crippen LogP contribution in [0.4, 0.5) is 11.6 Å². The van der Waals surface area contributed by atoms with E-state index in [1.165, 1.54) is 0 Å². The molecule has 0 aliphatic heterocycles. The van der Waals surface area contributed by atoms with Crippen molar-refractivity contribution in [3.05, 3.63) is 83.6 Å². The lowest BCUT2D eigenvalue weighted by molar-refractivity contribution is 0.104. The number of nitrogens with one attached hydrogen (secondary N) is 1. The van der Waals surface area contributed by atoms with Gasteiger partial charge in [0.1, 0.15) is 5.75 Å². The summed E-state index contributed by atoms with van der Waals surface area (Å²) in [4.78, 5) is 20.8. The van der Waals surface area contributed by atoms with E-state index >= 15 is 0 Å². The van der Waals surface area contributed by atoms with E-state index in [4.69, 9.17) is 4.74 Å². The van der Waals surface area contributed by atoms with Crippen molar-refractivity contribution in [2.75, 3.05) is 5.32 Å². The lowest BCUT2D eigenvalue weighted by Gasteiger charge is -2.10. The first-order valence-corrected chi connectivity index (χ1v) is 8.64. The summed E-state index contributed by atoms with van der Waals surface area (Å²) in [5.74, 6) is 1.51. The Morgan fingerprint density at radius 3 is 2.41 bits per heavy atom. The summed E-state index contributed by atoms with van der Waals surface area (Å²) in [7, 11) is 0. The number of benzene rings is 2. The number of carbonyl (C=O) groups is 1. The van der Waals surface area contributed by atoms with E-state index < -0.39 is 0 Å². The summed E-state index contributed by atoms with van der Waals surface area (Å²) >= 11 is 0. The highest BCUT2D eigenvalue weighted by Gasteiger charge is 2.08. The average Bonchev–Trinajstić information content (AvgIpc) is 2.65. The maximum atomic E-state index is 12.1. The Balaban J connectivity index is 1.76. The smallest absolute Gasteiger partial charge is 0.230 e. The maximum Gasteiger partial charge on any atom is 0.230 e. The van der Waals surface area contributed by atoms with Gasteiger partial charge in [-0.25, -0.2) is 4.98 Å². The molecule has 3 aromatic rings. The molecule has 0 saturated heterocycles. The quantitative estimate of drug-likeness (QED) is 0.467. The van der Waals surface area contributed by atoms with Gasteiger partial charge in [0.05, 0.1) is 0 Å². The van der Waals surface area contributed by atoms with E-state index in [0.717, 1.165) is 16.8 Å². The summed E-state index contributed by atoms with van der Waals surface area (Å²) in [6.07, 6.45) is 3.33. The van der Waals surface area contributed by atoms with Crippen LogP contribution in [-0.2, 0) is 0 Å². The first-order chi connectivity index (χ1) is 13.0. The monoisotopic (exact) mass is 359 g/mol. The Morgan fingerprint density at radius 2 is 1.74 bits per heavy atom. The fourth-order valence-corrected chi connectivity index (χ4v) is 2.38. The van der Waals surface area contributed by atoms with Crippen molar-refractivity contribution in [2.24, 2.45) is 0 Å². The second-order valence-corrected chi connectivity index (χ2v) is 6.39. The van der Waals surface area contributed by atoms with E-state index in [1.54, 1.807) is 36.5 Å². The van der Waals surface area contributed by atoms with Gasteiger partial charge in [-0.05, 0) is 63.2 Å². The number of ketones is 1. The summed E-state index contributed by atoms with van der Waals surface area (Å²) in [6, 6.07) is 16.7. The number of rotatable bonds is 6. The van der Waals surface area contributed by atoms with Gasteiger partial charge in [-0.2, -0.15) is 4.98 Å². The van der Waals surface area contributed by atoms with Crippen LogP contribution >= 0.6 is 0 Å². The SMILES string of the molecule is CC(C)=CC(=O)c1ccc(Oc2nc(Nc3ccccc3)ncc2C)cc1. The molecule has 5 heteroatoms. The fourth-order valence-electron chi connectivity index (χ4n) is 2.38. The van der Waals surface area contributed by atoms with Crippen LogP contribution in [0.1, 0.15) is 29.8 Å². The zero-order valence-corrected chi connectivity index (χ0v) is 15.6. The second-order valence-electron chi connectivity index (χ2n) is 6.39. The Hall–Kier alpha value is -3.47. The summed E-state index contributed by atoms with van der Waals surface area (Å²) < 4.78 is 5.89. The van der Waals surface area contributed by atoms with Gasteiger partial charge in [0.2, 0.25) is 11.8 Å². The Morgan fingerprint density at radius 1 is 1.04 bits per heavy atom. The topological polar surface area (TPSA) is 64.1 Å². The molecular weight excluding hydrogens is 338 g/mol. The molecule has 1 N–H and O–H groups in total. The second kappa shape index (κ2) is 8.27. The van der Waals surface area contributed by atoms with Gasteiger partial charge in [0, 0.05) is 23.0 Å². The number of carbonyl (C=O) groups excluding carboxylic acids is 1. The average molecular weight is 359 g/mol. The highest BCUT2D eigenvalue weighted by molar-refractivity contribution is 6.04. The third-order valence-electron chi connectivity index (χ3n) is 3.73. The van der Waals surface area contributed by atoms with Gasteiger partial charge < -0.3 is 10.1 Å². The van der Waals surface area contributed by atoms with Gasteiger partial charge >= 0.3 is 0 Å². The molecule has 1 aromatic heterocycles. The summed E-state index contributed by atoms with van der Waals surface area (Å²) in [5, 5.41) is 3.15. The minimum Gasteiger partial charge on any atom is -0.439 e. The number of aromatic nitrogens is 2. The van der Waals surface area contributed by atoms with Crippen molar-refractivity contribution in [3.8, 4) is 11.6 Å². The highest BCUT2D eigenvalue weighted by atomic mass is 16.5. The van der Waals surface area contributed by atoms with Crippen LogP contribution in [-0.4, -0.2) is 15.8 Å². The van der Waals surface area contributed by atoms with Gasteiger partial charge in [-0.15, -0.1) is 0 Å². The number of ether oxygens (including phenoxy) is 1. The zero-order valence-electron chi connectivity index (χ0n) is 15.6. The van der Waals surface area contributed by atoms with Crippen molar-refractivity contribution in [2.45, 2.75) is 20.8 Å². The number of hydrogen-bond donors (Lipinski definition) is 1. The third-order valence-corrected chi connectivity index (χ3v) is 3.73. The van der Waals surface area contributed by atoms with Crippen LogP contribution in [0.5, 0.6) is 11.6 Å². The minimum atomic E-state index is -0.0193. The normalized spacial score (nSPS) is 10.2. The van der Waals surface area contributed by atoms with E-state index in [2.05, 4.69) is 15.3 Å². The Labute approximate surface area is 158 Å².